The van der Waals surface area contributed by atoms with Gasteiger partial charge in [-0.3, -0.25) is 9.78 Å². The molecule has 1 aliphatic heterocycles. The van der Waals surface area contributed by atoms with Gasteiger partial charge < -0.3 is 24.0 Å². The Balaban J connectivity index is 1.79. The van der Waals surface area contributed by atoms with E-state index in [4.69, 9.17) is 14.2 Å². The number of benzene rings is 1. The van der Waals surface area contributed by atoms with Gasteiger partial charge in [0.15, 0.2) is 0 Å². The standard InChI is InChI=1S/C29H38N4O7/c1-20-17-22(23(18-30-20)33(26(36)39-28(2,3)4)27(37)40-29(5,6)7)24(34)31-13-15-32(16-14-31)25(35)38-19-21-11-9-8-10-12-21/h8-12,17-18H,13-16,19H2,1-7H3. The molecule has 4 amide bonds. The van der Waals surface area contributed by atoms with Crippen molar-refractivity contribution in [1.29, 1.82) is 0 Å². The van der Waals surface area contributed by atoms with Crippen LogP contribution in [-0.2, 0) is 20.8 Å². The number of aromatic nitrogens is 1. The second kappa shape index (κ2) is 12.4. The molecule has 0 aliphatic carbocycles. The summed E-state index contributed by atoms with van der Waals surface area (Å²) in [6.45, 7) is 12.9. The van der Waals surface area contributed by atoms with Crippen molar-refractivity contribution in [3.8, 4) is 0 Å². The zero-order chi connectivity index (χ0) is 29.7. The monoisotopic (exact) mass is 554 g/mol. The van der Waals surface area contributed by atoms with Gasteiger partial charge in [-0.25, -0.2) is 14.4 Å². The molecule has 0 unspecified atom stereocenters. The first-order valence-electron chi connectivity index (χ1n) is 13.1. The van der Waals surface area contributed by atoms with Crippen LogP contribution in [-0.4, -0.2) is 76.4 Å². The van der Waals surface area contributed by atoms with Crippen LogP contribution in [0.25, 0.3) is 0 Å². The number of pyridine rings is 1. The maximum absolute atomic E-state index is 13.7. The summed E-state index contributed by atoms with van der Waals surface area (Å²) in [6, 6.07) is 10.9. The Kier molecular flexibility index (Phi) is 9.39. The minimum Gasteiger partial charge on any atom is -0.445 e. The van der Waals surface area contributed by atoms with Crippen molar-refractivity contribution in [2.45, 2.75) is 66.3 Å². The number of carbonyl (C=O) groups is 4. The third-order valence-corrected chi connectivity index (χ3v) is 5.67. The summed E-state index contributed by atoms with van der Waals surface area (Å²) in [5.41, 5.74) is -0.391. The molecule has 40 heavy (non-hydrogen) atoms. The molecule has 2 aromatic rings. The predicted octanol–water partition coefficient (Wildman–Crippen LogP) is 5.16. The molecule has 1 aromatic heterocycles. The van der Waals surface area contributed by atoms with E-state index >= 15 is 0 Å². The number of ether oxygens (including phenoxy) is 3. The van der Waals surface area contributed by atoms with Crippen LogP contribution in [0.3, 0.4) is 0 Å². The first-order chi connectivity index (χ1) is 18.6. The summed E-state index contributed by atoms with van der Waals surface area (Å²) in [6.07, 6.45) is -1.16. The first kappa shape index (κ1) is 30.4. The molecule has 0 N–H and O–H groups in total. The van der Waals surface area contributed by atoms with Gasteiger partial charge in [0.1, 0.15) is 17.8 Å². The van der Waals surface area contributed by atoms with Crippen molar-refractivity contribution in [3.63, 3.8) is 0 Å². The molecular formula is C29H38N4O7. The van der Waals surface area contributed by atoms with Gasteiger partial charge in [0.2, 0.25) is 0 Å². The molecule has 216 valence electrons. The van der Waals surface area contributed by atoms with Crippen LogP contribution in [0, 0.1) is 6.92 Å². The Morgan fingerprint density at radius 2 is 1.38 bits per heavy atom. The third-order valence-electron chi connectivity index (χ3n) is 5.67. The Hall–Kier alpha value is -4.15. The van der Waals surface area contributed by atoms with Crippen molar-refractivity contribution in [3.05, 3.63) is 59.4 Å². The van der Waals surface area contributed by atoms with E-state index in [2.05, 4.69) is 4.98 Å². The van der Waals surface area contributed by atoms with Gasteiger partial charge in [-0.15, -0.1) is 0 Å². The topological polar surface area (TPSA) is 119 Å². The summed E-state index contributed by atoms with van der Waals surface area (Å²) < 4.78 is 16.4. The van der Waals surface area contributed by atoms with Crippen LogP contribution in [0.15, 0.2) is 42.6 Å². The number of imide groups is 1. The molecule has 1 aliphatic rings. The molecule has 0 atom stereocenters. The molecule has 0 saturated carbocycles. The summed E-state index contributed by atoms with van der Waals surface area (Å²) >= 11 is 0. The number of hydrogen-bond acceptors (Lipinski definition) is 8. The Labute approximate surface area is 235 Å². The highest BCUT2D eigenvalue weighted by molar-refractivity contribution is 6.14. The normalized spacial score (nSPS) is 13.9. The quantitative estimate of drug-likeness (QED) is 0.476. The smallest absolute Gasteiger partial charge is 0.424 e. The lowest BCUT2D eigenvalue weighted by Crippen LogP contribution is -2.51. The van der Waals surface area contributed by atoms with E-state index in [1.165, 1.54) is 12.3 Å². The summed E-state index contributed by atoms with van der Waals surface area (Å²) in [5.74, 6) is -0.421. The number of carbonyl (C=O) groups excluding carboxylic acids is 4. The van der Waals surface area contributed by atoms with Crippen LogP contribution in [0.2, 0.25) is 0 Å². The number of rotatable bonds is 4. The van der Waals surface area contributed by atoms with Crippen LogP contribution < -0.4 is 4.90 Å². The van der Waals surface area contributed by atoms with E-state index in [0.717, 1.165) is 5.56 Å². The van der Waals surface area contributed by atoms with Gasteiger partial charge >= 0.3 is 18.3 Å². The van der Waals surface area contributed by atoms with Crippen LogP contribution in [0.4, 0.5) is 20.1 Å². The predicted molar refractivity (Wildman–Crippen MR) is 148 cm³/mol. The largest absolute Gasteiger partial charge is 0.445 e. The first-order valence-corrected chi connectivity index (χ1v) is 13.1. The molecule has 3 rings (SSSR count). The SMILES string of the molecule is Cc1cc(C(=O)N2CCN(C(=O)OCc3ccccc3)CC2)c(N(C(=O)OC(C)(C)C)C(=O)OC(C)(C)C)cn1. The lowest BCUT2D eigenvalue weighted by molar-refractivity contribution is 0.0429. The molecule has 1 aromatic carbocycles. The summed E-state index contributed by atoms with van der Waals surface area (Å²) in [7, 11) is 0. The third kappa shape index (κ3) is 8.42. The number of nitrogens with zero attached hydrogens (tertiary/aromatic N) is 4. The van der Waals surface area contributed by atoms with Crippen LogP contribution in [0.1, 0.15) is 63.2 Å². The van der Waals surface area contributed by atoms with Crippen molar-refractivity contribution < 1.29 is 33.4 Å². The van der Waals surface area contributed by atoms with Gasteiger partial charge in [0.05, 0.1) is 17.4 Å². The second-order valence-corrected chi connectivity index (χ2v) is 11.5. The maximum atomic E-state index is 13.7. The fraction of sp³-hybridized carbons (Fsp3) is 0.483. The van der Waals surface area contributed by atoms with E-state index in [1.807, 2.05) is 30.3 Å². The Bertz CT molecular complexity index is 1200. The van der Waals surface area contributed by atoms with E-state index < -0.39 is 35.4 Å². The van der Waals surface area contributed by atoms with E-state index in [-0.39, 0.29) is 44.0 Å². The van der Waals surface area contributed by atoms with Crippen molar-refractivity contribution in [2.24, 2.45) is 0 Å². The number of hydrogen-bond donors (Lipinski definition) is 0. The number of piperazine rings is 1. The summed E-state index contributed by atoms with van der Waals surface area (Å²) in [4.78, 5) is 60.7. The lowest BCUT2D eigenvalue weighted by atomic mass is 10.1. The molecule has 1 fully saturated rings. The van der Waals surface area contributed by atoms with E-state index in [1.54, 1.807) is 58.3 Å². The molecular weight excluding hydrogens is 516 g/mol. The van der Waals surface area contributed by atoms with Crippen molar-refractivity contribution >= 4 is 29.9 Å². The summed E-state index contributed by atoms with van der Waals surface area (Å²) in [5, 5.41) is 0. The minimum atomic E-state index is -0.993. The lowest BCUT2D eigenvalue weighted by Gasteiger charge is -2.35. The maximum Gasteiger partial charge on any atom is 0.424 e. The Morgan fingerprint density at radius 1 is 0.850 bits per heavy atom. The van der Waals surface area contributed by atoms with E-state index in [9.17, 15) is 19.2 Å². The van der Waals surface area contributed by atoms with Gasteiger partial charge in [0, 0.05) is 31.9 Å². The van der Waals surface area contributed by atoms with Crippen LogP contribution in [0.5, 0.6) is 0 Å². The molecule has 0 spiro atoms. The van der Waals surface area contributed by atoms with Gasteiger partial charge in [-0.2, -0.15) is 4.90 Å². The Morgan fingerprint density at radius 3 is 1.90 bits per heavy atom. The van der Waals surface area contributed by atoms with Crippen molar-refractivity contribution in [2.75, 3.05) is 31.1 Å². The highest BCUT2D eigenvalue weighted by atomic mass is 16.6. The number of amides is 4. The second-order valence-electron chi connectivity index (χ2n) is 11.5. The van der Waals surface area contributed by atoms with Gasteiger partial charge in [-0.1, -0.05) is 30.3 Å². The van der Waals surface area contributed by atoms with Crippen LogP contribution >= 0.6 is 0 Å². The van der Waals surface area contributed by atoms with Gasteiger partial charge in [-0.05, 0) is 60.1 Å². The molecule has 11 nitrogen and oxygen atoms in total. The van der Waals surface area contributed by atoms with Gasteiger partial charge in [0.25, 0.3) is 5.91 Å². The average molecular weight is 555 g/mol. The van der Waals surface area contributed by atoms with E-state index in [0.29, 0.717) is 10.6 Å². The van der Waals surface area contributed by atoms with Crippen molar-refractivity contribution in [1.82, 2.24) is 14.8 Å². The fourth-order valence-electron chi connectivity index (χ4n) is 3.86. The highest BCUT2D eigenvalue weighted by Crippen LogP contribution is 2.27. The minimum absolute atomic E-state index is 0.0520. The highest BCUT2D eigenvalue weighted by Gasteiger charge is 2.36. The average Bonchev–Trinajstić information content (AvgIpc) is 2.86. The molecule has 1 saturated heterocycles. The fourth-order valence-corrected chi connectivity index (χ4v) is 3.86. The number of aryl methyl sites for hydroxylation is 1. The molecule has 11 heteroatoms. The zero-order valence-electron chi connectivity index (χ0n) is 24.2. The molecule has 0 radical (unpaired) electrons. The molecule has 0 bridgehead atoms. The molecule has 2 heterocycles. The zero-order valence-corrected chi connectivity index (χ0v) is 24.2. The number of anilines is 1.